The maximum absolute atomic E-state index is 13.7. The highest BCUT2D eigenvalue weighted by Gasteiger charge is 2.45. The molecule has 1 saturated heterocycles. The number of carbonyl (C=O) groups excluding carboxylic acids is 2. The Labute approximate surface area is 178 Å². The number of ketones is 2. The van der Waals surface area contributed by atoms with Crippen LogP contribution in [0.2, 0.25) is 0 Å². The summed E-state index contributed by atoms with van der Waals surface area (Å²) in [6.07, 6.45) is -2.36. The molecule has 164 valence electrons. The Kier molecular flexibility index (Phi) is 6.94. The number of aromatic nitrogens is 1. The van der Waals surface area contributed by atoms with Gasteiger partial charge in [-0.15, -0.1) is 0 Å². The predicted octanol–water partition coefficient (Wildman–Crippen LogP) is 4.83. The quantitative estimate of drug-likeness (QED) is 0.628. The largest absolute Gasteiger partial charge is 0.393 e. The summed E-state index contributed by atoms with van der Waals surface area (Å²) in [6, 6.07) is 8.71. The average Bonchev–Trinajstić information content (AvgIpc) is 2.75. The molecular weight excluding hydrogens is 407 g/mol. The lowest BCUT2D eigenvalue weighted by molar-refractivity contribution is -0.179. The van der Waals surface area contributed by atoms with Gasteiger partial charge >= 0.3 is 6.18 Å². The highest BCUT2D eigenvalue weighted by molar-refractivity contribution is 5.95. The second-order valence-electron chi connectivity index (χ2n) is 8.02. The van der Waals surface area contributed by atoms with Crippen LogP contribution in [0.25, 0.3) is 10.9 Å². The van der Waals surface area contributed by atoms with Gasteiger partial charge in [0.2, 0.25) is 0 Å². The Hall–Kier alpha value is -2.95. The number of benzene rings is 1. The van der Waals surface area contributed by atoms with E-state index in [4.69, 9.17) is 0 Å². The fourth-order valence-corrected chi connectivity index (χ4v) is 4.19. The number of piperidine rings is 1. The molecule has 2 unspecified atom stereocenters. The molecule has 0 aliphatic carbocycles. The zero-order valence-corrected chi connectivity index (χ0v) is 17.3. The number of Topliss-reactive ketones (excluding diaryl/α,β-unsaturated/α-hetero) is 2. The van der Waals surface area contributed by atoms with Crippen LogP contribution in [0.4, 0.5) is 18.9 Å². The molecule has 3 rings (SSSR count). The van der Waals surface area contributed by atoms with Crippen LogP contribution in [0.3, 0.4) is 0 Å². The predicted molar refractivity (Wildman–Crippen MR) is 110 cm³/mol. The smallest absolute Gasteiger partial charge is 0.370 e. The van der Waals surface area contributed by atoms with E-state index in [1.54, 1.807) is 42.3 Å². The number of rotatable bonds is 7. The fraction of sp³-hybridized carbons (Fsp3) is 0.478. The number of alkyl halides is 3. The van der Waals surface area contributed by atoms with Crippen molar-refractivity contribution in [1.29, 1.82) is 5.26 Å². The van der Waals surface area contributed by atoms with Gasteiger partial charge in [-0.3, -0.25) is 14.6 Å². The molecule has 0 N–H and O–H groups in total. The van der Waals surface area contributed by atoms with Gasteiger partial charge in [0.1, 0.15) is 17.6 Å². The standard InChI is InChI=1S/C23H24F3N3O2/c1-2-18(30)6-7-19(31)11-15-10-17(23(24,25)26)14-29(13-15)21-8-5-16(12-27)22-20(21)4-3-9-28-22/h3-5,8-9,15,17H,2,6-7,10-11,13-14H2,1H3. The highest BCUT2D eigenvalue weighted by Crippen LogP contribution is 2.40. The van der Waals surface area contributed by atoms with Crippen LogP contribution >= 0.6 is 0 Å². The Morgan fingerprint density at radius 3 is 2.61 bits per heavy atom. The summed E-state index contributed by atoms with van der Waals surface area (Å²) in [5, 5.41) is 9.93. The minimum atomic E-state index is -4.38. The number of hydrogen-bond acceptors (Lipinski definition) is 5. The van der Waals surface area contributed by atoms with E-state index in [1.807, 2.05) is 0 Å². The van der Waals surface area contributed by atoms with Crippen molar-refractivity contribution in [2.45, 2.75) is 45.2 Å². The zero-order valence-electron chi connectivity index (χ0n) is 17.3. The topological polar surface area (TPSA) is 74.1 Å². The summed E-state index contributed by atoms with van der Waals surface area (Å²) < 4.78 is 41.0. The molecule has 1 fully saturated rings. The van der Waals surface area contributed by atoms with Crippen LogP contribution in [0.15, 0.2) is 30.5 Å². The van der Waals surface area contributed by atoms with Crippen molar-refractivity contribution < 1.29 is 22.8 Å². The van der Waals surface area contributed by atoms with Gasteiger partial charge in [0.15, 0.2) is 0 Å². The Bertz CT molecular complexity index is 1010. The van der Waals surface area contributed by atoms with E-state index in [2.05, 4.69) is 11.1 Å². The number of pyridine rings is 1. The minimum absolute atomic E-state index is 0.0204. The Balaban J connectivity index is 1.87. The normalized spacial score (nSPS) is 19.3. The van der Waals surface area contributed by atoms with Crippen LogP contribution in [0, 0.1) is 23.2 Å². The summed E-state index contributed by atoms with van der Waals surface area (Å²) in [6.45, 7) is 1.81. The van der Waals surface area contributed by atoms with Crippen molar-refractivity contribution in [2.24, 2.45) is 11.8 Å². The first-order chi connectivity index (χ1) is 14.7. The van der Waals surface area contributed by atoms with Crippen LogP contribution in [-0.4, -0.2) is 35.8 Å². The first-order valence-corrected chi connectivity index (χ1v) is 10.4. The molecule has 0 amide bonds. The third-order valence-electron chi connectivity index (χ3n) is 5.80. The first-order valence-electron chi connectivity index (χ1n) is 10.4. The monoisotopic (exact) mass is 431 g/mol. The molecule has 2 atom stereocenters. The van der Waals surface area contributed by atoms with E-state index in [-0.39, 0.29) is 43.8 Å². The lowest BCUT2D eigenvalue weighted by atomic mass is 9.84. The van der Waals surface area contributed by atoms with Crippen molar-refractivity contribution in [2.75, 3.05) is 18.0 Å². The fourth-order valence-electron chi connectivity index (χ4n) is 4.19. The van der Waals surface area contributed by atoms with Crippen LogP contribution in [-0.2, 0) is 9.59 Å². The third-order valence-corrected chi connectivity index (χ3v) is 5.80. The summed E-state index contributed by atoms with van der Waals surface area (Å²) in [5.74, 6) is -2.23. The van der Waals surface area contributed by atoms with Crippen LogP contribution in [0.5, 0.6) is 0 Å². The lowest BCUT2D eigenvalue weighted by Gasteiger charge is -2.40. The van der Waals surface area contributed by atoms with Crippen molar-refractivity contribution in [1.82, 2.24) is 4.98 Å². The molecule has 1 aromatic carbocycles. The van der Waals surface area contributed by atoms with Crippen LogP contribution in [0.1, 0.15) is 44.6 Å². The van der Waals surface area contributed by atoms with Crippen LogP contribution < -0.4 is 4.90 Å². The number of fused-ring (bicyclic) bond motifs is 1. The first kappa shape index (κ1) is 22.7. The van der Waals surface area contributed by atoms with Gasteiger partial charge < -0.3 is 4.90 Å². The molecule has 2 aromatic rings. The highest BCUT2D eigenvalue weighted by atomic mass is 19.4. The van der Waals surface area contributed by atoms with Crippen molar-refractivity contribution in [3.8, 4) is 6.07 Å². The SMILES string of the molecule is CCC(=O)CCC(=O)CC1CC(C(F)(F)F)CN(c2ccc(C#N)c3ncccc23)C1. The summed E-state index contributed by atoms with van der Waals surface area (Å²) in [7, 11) is 0. The second kappa shape index (κ2) is 9.46. The Morgan fingerprint density at radius 1 is 1.19 bits per heavy atom. The van der Waals surface area contributed by atoms with Crippen molar-refractivity contribution >= 4 is 28.2 Å². The number of anilines is 1. The van der Waals surface area contributed by atoms with Gasteiger partial charge in [-0.1, -0.05) is 6.92 Å². The maximum Gasteiger partial charge on any atom is 0.393 e. The molecule has 1 aliphatic rings. The molecule has 1 aliphatic heterocycles. The number of carbonyl (C=O) groups is 2. The van der Waals surface area contributed by atoms with Gasteiger partial charge in [-0.25, -0.2) is 0 Å². The molecular formula is C23H24F3N3O2. The second-order valence-corrected chi connectivity index (χ2v) is 8.02. The van der Waals surface area contributed by atoms with Crippen molar-refractivity contribution in [3.63, 3.8) is 0 Å². The van der Waals surface area contributed by atoms with E-state index in [9.17, 15) is 28.0 Å². The molecule has 31 heavy (non-hydrogen) atoms. The van der Waals surface area contributed by atoms with E-state index >= 15 is 0 Å². The number of nitriles is 1. The molecule has 5 nitrogen and oxygen atoms in total. The number of halogens is 3. The van der Waals surface area contributed by atoms with Gasteiger partial charge in [0, 0.05) is 56.0 Å². The lowest BCUT2D eigenvalue weighted by Crippen LogP contribution is -2.46. The molecule has 8 heteroatoms. The molecule has 2 heterocycles. The van der Waals surface area contributed by atoms with E-state index < -0.39 is 18.0 Å². The van der Waals surface area contributed by atoms with Crippen molar-refractivity contribution in [3.05, 3.63) is 36.0 Å². The van der Waals surface area contributed by atoms with E-state index in [0.717, 1.165) is 0 Å². The van der Waals surface area contributed by atoms with E-state index in [1.165, 1.54) is 0 Å². The Morgan fingerprint density at radius 2 is 1.94 bits per heavy atom. The third kappa shape index (κ3) is 5.40. The molecule has 0 radical (unpaired) electrons. The van der Waals surface area contributed by atoms with Gasteiger partial charge in [0.25, 0.3) is 0 Å². The van der Waals surface area contributed by atoms with Gasteiger partial charge in [-0.05, 0) is 36.6 Å². The molecule has 0 bridgehead atoms. The molecule has 1 aromatic heterocycles. The van der Waals surface area contributed by atoms with E-state index in [0.29, 0.717) is 35.1 Å². The van der Waals surface area contributed by atoms with Gasteiger partial charge in [-0.2, -0.15) is 18.4 Å². The zero-order chi connectivity index (χ0) is 22.6. The number of hydrogen-bond donors (Lipinski definition) is 0. The summed E-state index contributed by atoms with van der Waals surface area (Å²) in [5.41, 5.74) is 1.38. The number of nitrogens with zero attached hydrogens (tertiary/aromatic N) is 3. The minimum Gasteiger partial charge on any atom is -0.370 e. The van der Waals surface area contributed by atoms with Gasteiger partial charge in [0.05, 0.1) is 17.0 Å². The molecule has 0 saturated carbocycles. The summed E-state index contributed by atoms with van der Waals surface area (Å²) >= 11 is 0. The average molecular weight is 431 g/mol. The summed E-state index contributed by atoms with van der Waals surface area (Å²) in [4.78, 5) is 29.7. The molecule has 0 spiro atoms. The maximum atomic E-state index is 13.7.